The molecule has 0 fully saturated rings. The Balaban J connectivity index is 2.11. The Morgan fingerprint density at radius 3 is 2.47 bits per heavy atom. The first-order valence-corrected chi connectivity index (χ1v) is 5.60. The van der Waals surface area contributed by atoms with E-state index in [2.05, 4.69) is 12.1 Å². The van der Waals surface area contributed by atoms with Crippen LogP contribution >= 0.6 is 0 Å². The molecule has 0 saturated carbocycles. The van der Waals surface area contributed by atoms with Gasteiger partial charge in [-0.2, -0.15) is 0 Å². The smallest absolute Gasteiger partial charge is 0.150 e. The van der Waals surface area contributed by atoms with E-state index in [4.69, 9.17) is 0 Å². The fourth-order valence-electron chi connectivity index (χ4n) is 1.80. The van der Waals surface area contributed by atoms with E-state index in [9.17, 15) is 9.90 Å². The average molecular weight is 226 g/mol. The summed E-state index contributed by atoms with van der Waals surface area (Å²) < 4.78 is 0. The Hall–Kier alpha value is -2.09. The Kier molecular flexibility index (Phi) is 3.55. The second-order valence-electron chi connectivity index (χ2n) is 3.99. The third-order valence-corrected chi connectivity index (χ3v) is 2.77. The quantitative estimate of drug-likeness (QED) is 0.814. The van der Waals surface area contributed by atoms with Gasteiger partial charge in [-0.1, -0.05) is 30.3 Å². The molecule has 0 bridgehead atoms. The highest BCUT2D eigenvalue weighted by atomic mass is 16.3. The summed E-state index contributed by atoms with van der Waals surface area (Å²) in [6, 6.07) is 15.0. The first-order chi connectivity index (χ1) is 8.29. The number of benzene rings is 2. The topological polar surface area (TPSA) is 37.3 Å². The lowest BCUT2D eigenvalue weighted by atomic mass is 10.0. The van der Waals surface area contributed by atoms with Crippen LogP contribution < -0.4 is 0 Å². The lowest BCUT2D eigenvalue weighted by molar-refractivity contribution is 0.112. The third kappa shape index (κ3) is 2.94. The standard InChI is InChI=1S/C15H14O2/c16-11-13-7-9-15(17)14(10-13)8-6-12-4-2-1-3-5-12/h1-5,7,9-11,17H,6,8H2. The van der Waals surface area contributed by atoms with Crippen LogP contribution in [0.1, 0.15) is 21.5 Å². The molecule has 0 heterocycles. The summed E-state index contributed by atoms with van der Waals surface area (Å²) in [6.45, 7) is 0. The summed E-state index contributed by atoms with van der Waals surface area (Å²) in [5.74, 6) is 0.256. The van der Waals surface area contributed by atoms with E-state index in [0.29, 0.717) is 5.56 Å². The molecule has 1 N–H and O–H groups in total. The molecule has 0 aliphatic heterocycles. The number of rotatable bonds is 4. The maximum Gasteiger partial charge on any atom is 0.150 e. The molecule has 2 heteroatoms. The number of hydrogen-bond acceptors (Lipinski definition) is 2. The van der Waals surface area contributed by atoms with Gasteiger partial charge < -0.3 is 5.11 Å². The molecule has 0 spiro atoms. The molecule has 86 valence electrons. The molecule has 0 aliphatic rings. The molecular weight excluding hydrogens is 212 g/mol. The van der Waals surface area contributed by atoms with E-state index in [1.165, 1.54) is 5.56 Å². The van der Waals surface area contributed by atoms with Gasteiger partial charge in [-0.3, -0.25) is 4.79 Å². The van der Waals surface area contributed by atoms with Gasteiger partial charge in [-0.15, -0.1) is 0 Å². The van der Waals surface area contributed by atoms with Crippen molar-refractivity contribution in [1.82, 2.24) is 0 Å². The van der Waals surface area contributed by atoms with Gasteiger partial charge in [0.05, 0.1) is 0 Å². The molecule has 0 unspecified atom stereocenters. The van der Waals surface area contributed by atoms with Gasteiger partial charge in [-0.25, -0.2) is 0 Å². The van der Waals surface area contributed by atoms with E-state index in [-0.39, 0.29) is 5.75 Å². The van der Waals surface area contributed by atoms with Crippen molar-refractivity contribution in [2.24, 2.45) is 0 Å². The summed E-state index contributed by atoms with van der Waals surface area (Å²) in [6.07, 6.45) is 2.39. The summed E-state index contributed by atoms with van der Waals surface area (Å²) >= 11 is 0. The molecule has 2 aromatic carbocycles. The molecule has 2 aromatic rings. The fourth-order valence-corrected chi connectivity index (χ4v) is 1.80. The van der Waals surface area contributed by atoms with Crippen molar-refractivity contribution < 1.29 is 9.90 Å². The molecule has 0 saturated heterocycles. The zero-order valence-electron chi connectivity index (χ0n) is 9.47. The number of phenolic OH excluding ortho intramolecular Hbond substituents is 1. The van der Waals surface area contributed by atoms with Gasteiger partial charge >= 0.3 is 0 Å². The van der Waals surface area contributed by atoms with Crippen molar-refractivity contribution >= 4 is 6.29 Å². The van der Waals surface area contributed by atoms with Crippen molar-refractivity contribution in [3.8, 4) is 5.75 Å². The van der Waals surface area contributed by atoms with Gasteiger partial charge in [-0.05, 0) is 42.2 Å². The minimum atomic E-state index is 0.256. The molecule has 17 heavy (non-hydrogen) atoms. The number of phenols is 1. The van der Waals surface area contributed by atoms with Crippen LogP contribution in [0.3, 0.4) is 0 Å². The van der Waals surface area contributed by atoms with Gasteiger partial charge in [0, 0.05) is 5.56 Å². The maximum absolute atomic E-state index is 10.7. The number of aldehydes is 1. The predicted molar refractivity (Wildman–Crippen MR) is 67.3 cm³/mol. The molecule has 2 nitrogen and oxygen atoms in total. The predicted octanol–water partition coefficient (Wildman–Crippen LogP) is 2.99. The molecular formula is C15H14O2. The average Bonchev–Trinajstić information content (AvgIpc) is 2.39. The highest BCUT2D eigenvalue weighted by Crippen LogP contribution is 2.19. The second kappa shape index (κ2) is 5.30. The highest BCUT2D eigenvalue weighted by Gasteiger charge is 2.03. The van der Waals surface area contributed by atoms with E-state index < -0.39 is 0 Å². The monoisotopic (exact) mass is 226 g/mol. The van der Waals surface area contributed by atoms with Gasteiger partial charge in [0.25, 0.3) is 0 Å². The van der Waals surface area contributed by atoms with Gasteiger partial charge in [0.1, 0.15) is 12.0 Å². The van der Waals surface area contributed by atoms with E-state index in [1.54, 1.807) is 18.2 Å². The summed E-state index contributed by atoms with van der Waals surface area (Å²) in [5.41, 5.74) is 2.65. The van der Waals surface area contributed by atoms with Gasteiger partial charge in [0.2, 0.25) is 0 Å². The Bertz CT molecular complexity index is 504. The van der Waals surface area contributed by atoms with Crippen molar-refractivity contribution in [2.45, 2.75) is 12.8 Å². The molecule has 0 aromatic heterocycles. The normalized spacial score (nSPS) is 10.1. The van der Waals surface area contributed by atoms with Crippen LogP contribution in [0.25, 0.3) is 0 Å². The third-order valence-electron chi connectivity index (χ3n) is 2.77. The Morgan fingerprint density at radius 2 is 1.76 bits per heavy atom. The zero-order chi connectivity index (χ0) is 12.1. The molecule has 0 atom stereocenters. The number of hydrogen-bond donors (Lipinski definition) is 1. The molecule has 0 amide bonds. The van der Waals surface area contributed by atoms with Crippen LogP contribution in [-0.2, 0) is 12.8 Å². The van der Waals surface area contributed by atoms with Crippen LogP contribution in [0, 0.1) is 0 Å². The van der Waals surface area contributed by atoms with Crippen LogP contribution in [0.5, 0.6) is 5.75 Å². The van der Waals surface area contributed by atoms with Crippen molar-refractivity contribution in [3.63, 3.8) is 0 Å². The Labute approximate surface area is 101 Å². The largest absolute Gasteiger partial charge is 0.508 e. The van der Waals surface area contributed by atoms with Crippen molar-refractivity contribution in [2.75, 3.05) is 0 Å². The lowest BCUT2D eigenvalue weighted by Gasteiger charge is -2.05. The fraction of sp³-hybridized carbons (Fsp3) is 0.133. The molecule has 0 radical (unpaired) electrons. The van der Waals surface area contributed by atoms with Crippen molar-refractivity contribution in [1.29, 1.82) is 0 Å². The van der Waals surface area contributed by atoms with Crippen LogP contribution in [0.4, 0.5) is 0 Å². The summed E-state index contributed by atoms with van der Waals surface area (Å²) in [4.78, 5) is 10.7. The number of carbonyl (C=O) groups excluding carboxylic acids is 1. The number of aryl methyl sites for hydroxylation is 2. The first-order valence-electron chi connectivity index (χ1n) is 5.60. The van der Waals surface area contributed by atoms with E-state index >= 15 is 0 Å². The van der Waals surface area contributed by atoms with Gasteiger partial charge in [0.15, 0.2) is 0 Å². The summed E-state index contributed by atoms with van der Waals surface area (Å²) in [5, 5.41) is 9.69. The second-order valence-corrected chi connectivity index (χ2v) is 3.99. The first kappa shape index (κ1) is 11.4. The Morgan fingerprint density at radius 1 is 1.00 bits per heavy atom. The van der Waals surface area contributed by atoms with E-state index in [1.807, 2.05) is 18.2 Å². The molecule has 0 aliphatic carbocycles. The van der Waals surface area contributed by atoms with E-state index in [0.717, 1.165) is 24.7 Å². The number of aromatic hydroxyl groups is 1. The van der Waals surface area contributed by atoms with Crippen molar-refractivity contribution in [3.05, 3.63) is 65.2 Å². The maximum atomic E-state index is 10.7. The zero-order valence-corrected chi connectivity index (χ0v) is 9.47. The molecule has 2 rings (SSSR count). The number of carbonyl (C=O) groups is 1. The van der Waals surface area contributed by atoms with Crippen LogP contribution in [0.15, 0.2) is 48.5 Å². The van der Waals surface area contributed by atoms with Crippen LogP contribution in [-0.4, -0.2) is 11.4 Å². The van der Waals surface area contributed by atoms with Crippen LogP contribution in [0.2, 0.25) is 0 Å². The minimum absolute atomic E-state index is 0.256. The SMILES string of the molecule is O=Cc1ccc(O)c(CCc2ccccc2)c1. The minimum Gasteiger partial charge on any atom is -0.508 e. The summed E-state index contributed by atoms with van der Waals surface area (Å²) in [7, 11) is 0. The highest BCUT2D eigenvalue weighted by molar-refractivity contribution is 5.75. The lowest BCUT2D eigenvalue weighted by Crippen LogP contribution is -1.93.